The van der Waals surface area contributed by atoms with E-state index >= 15 is 0 Å². The Kier molecular flexibility index (Phi) is 19.8. The van der Waals surface area contributed by atoms with Gasteiger partial charge in [0.2, 0.25) is 11.8 Å². The molecule has 0 rings (SSSR count). The van der Waals surface area contributed by atoms with Crippen LogP contribution in [0.2, 0.25) is 0 Å². The number of nitrogens with one attached hydrogen (secondary N) is 2. The summed E-state index contributed by atoms with van der Waals surface area (Å²) >= 11 is 0. The summed E-state index contributed by atoms with van der Waals surface area (Å²) in [6, 6.07) is 0. The van der Waals surface area contributed by atoms with Gasteiger partial charge >= 0.3 is 0 Å². The van der Waals surface area contributed by atoms with Gasteiger partial charge in [-0.2, -0.15) is 0 Å². The molecule has 2 N–H and O–H groups in total. The third-order valence-electron chi connectivity index (χ3n) is 3.05. The second-order valence-corrected chi connectivity index (χ2v) is 6.10. The Labute approximate surface area is 166 Å². The zero-order chi connectivity index (χ0) is 21.1. The van der Waals surface area contributed by atoms with Crippen molar-refractivity contribution in [2.24, 2.45) is 5.92 Å². The molecule has 8 heteroatoms. The molecule has 0 atom stereocenters. The summed E-state index contributed by atoms with van der Waals surface area (Å²) < 4.78 is 15.6. The average Bonchev–Trinajstić information content (AvgIpc) is 2.63. The fourth-order valence-electron chi connectivity index (χ4n) is 1.60. The van der Waals surface area contributed by atoms with Gasteiger partial charge in [0.1, 0.15) is 19.0 Å². The Morgan fingerprint density at radius 2 is 1.33 bits per heavy atom. The van der Waals surface area contributed by atoms with Crippen LogP contribution in [-0.4, -0.2) is 69.8 Å². The van der Waals surface area contributed by atoms with Gasteiger partial charge in [-0.3, -0.25) is 14.4 Å². The summed E-state index contributed by atoms with van der Waals surface area (Å²) in [6.45, 7) is 13.0. The maximum Gasteiger partial charge on any atom is 0.246 e. The zero-order valence-corrected chi connectivity index (χ0v) is 17.8. The molecule has 0 aromatic carbocycles. The van der Waals surface area contributed by atoms with Crippen molar-refractivity contribution in [3.8, 4) is 0 Å². The summed E-state index contributed by atoms with van der Waals surface area (Å²) in [6.07, 6.45) is 0.396. The van der Waals surface area contributed by atoms with E-state index < -0.39 is 0 Å². The first-order chi connectivity index (χ1) is 12.8. The van der Waals surface area contributed by atoms with Crippen molar-refractivity contribution < 1.29 is 31.4 Å². The van der Waals surface area contributed by atoms with Crippen LogP contribution >= 0.6 is 0 Å². The molecule has 0 aromatic rings. The molecule has 0 saturated heterocycles. The van der Waals surface area contributed by atoms with E-state index in [0.717, 1.165) is 0 Å². The Balaban J connectivity index is -0.000000755. The van der Waals surface area contributed by atoms with E-state index in [2.05, 4.69) is 10.6 Å². The minimum absolute atomic E-state index is 0. The fourth-order valence-corrected chi connectivity index (χ4v) is 1.60. The van der Waals surface area contributed by atoms with Gasteiger partial charge in [-0.05, 0) is 13.8 Å². The molecular formula is C19H42N2O6. The van der Waals surface area contributed by atoms with Crippen LogP contribution in [0.4, 0.5) is 0 Å². The van der Waals surface area contributed by atoms with Crippen LogP contribution in [0.15, 0.2) is 0 Å². The fraction of sp³-hybridized carbons (Fsp3) is 0.842. The summed E-state index contributed by atoms with van der Waals surface area (Å²) in [4.78, 5) is 34.2. The van der Waals surface area contributed by atoms with E-state index in [1.807, 2.05) is 41.5 Å². The van der Waals surface area contributed by atoms with Gasteiger partial charge in [-0.25, -0.2) is 0 Å². The third-order valence-corrected chi connectivity index (χ3v) is 3.05. The molecule has 0 spiro atoms. The minimum Gasteiger partial charge on any atom is -0.379 e. The molecule has 27 heavy (non-hydrogen) atoms. The topological polar surface area (TPSA) is 103 Å². The number of ketones is 1. The first-order valence-electron chi connectivity index (χ1n) is 9.66. The van der Waals surface area contributed by atoms with Gasteiger partial charge in [0, 0.05) is 28.3 Å². The lowest BCUT2D eigenvalue weighted by atomic mass is 10.1. The molecule has 2 amide bonds. The summed E-state index contributed by atoms with van der Waals surface area (Å²) in [5, 5.41) is 5.27. The Morgan fingerprint density at radius 1 is 0.815 bits per heavy atom. The lowest BCUT2D eigenvalue weighted by Crippen LogP contribution is -2.34. The molecule has 8 nitrogen and oxygen atoms in total. The highest BCUT2D eigenvalue weighted by atomic mass is 16.5. The van der Waals surface area contributed by atoms with E-state index in [9.17, 15) is 14.4 Å². The molecule has 0 bridgehead atoms. The van der Waals surface area contributed by atoms with Crippen LogP contribution in [-0.2, 0) is 28.6 Å². The summed E-state index contributed by atoms with van der Waals surface area (Å²) in [7, 11) is 0. The van der Waals surface area contributed by atoms with Crippen molar-refractivity contribution in [3.63, 3.8) is 0 Å². The number of hydrogen-bond donors (Lipinski definition) is 2. The molecule has 0 aliphatic heterocycles. The molecule has 0 heterocycles. The van der Waals surface area contributed by atoms with E-state index in [-0.39, 0.29) is 52.3 Å². The molecular weight excluding hydrogens is 352 g/mol. The van der Waals surface area contributed by atoms with Crippen LogP contribution in [0.25, 0.3) is 0 Å². The van der Waals surface area contributed by atoms with Gasteiger partial charge < -0.3 is 24.8 Å². The SMILES string of the molecule is CC.CC(C)OCC(=O)NCCOCC(=O)NCCOCCC(=O)C(C)C.[HH].[HH]. The van der Waals surface area contributed by atoms with Crippen molar-refractivity contribution in [1.82, 2.24) is 10.6 Å². The molecule has 0 saturated carbocycles. The highest BCUT2D eigenvalue weighted by Gasteiger charge is 2.06. The number of amides is 2. The van der Waals surface area contributed by atoms with Gasteiger partial charge in [0.25, 0.3) is 0 Å². The summed E-state index contributed by atoms with van der Waals surface area (Å²) in [5.74, 6) is -0.278. The monoisotopic (exact) mass is 394 g/mol. The molecule has 164 valence electrons. The highest BCUT2D eigenvalue weighted by Crippen LogP contribution is 1.98. The van der Waals surface area contributed by atoms with Crippen molar-refractivity contribution >= 4 is 17.6 Å². The van der Waals surface area contributed by atoms with E-state index in [1.165, 1.54) is 0 Å². The van der Waals surface area contributed by atoms with E-state index in [0.29, 0.717) is 32.7 Å². The van der Waals surface area contributed by atoms with E-state index in [1.54, 1.807) is 0 Å². The molecule has 0 aliphatic rings. The molecule has 0 unspecified atom stereocenters. The predicted octanol–water partition coefficient (Wildman–Crippen LogP) is 1.81. The second kappa shape index (κ2) is 19.3. The van der Waals surface area contributed by atoms with Crippen LogP contribution in [0, 0.1) is 5.92 Å². The predicted molar refractivity (Wildman–Crippen MR) is 109 cm³/mol. The number of carbonyl (C=O) groups is 3. The minimum atomic E-state index is -0.253. The van der Waals surface area contributed by atoms with Crippen molar-refractivity contribution in [2.45, 2.75) is 54.1 Å². The maximum atomic E-state index is 11.5. The van der Waals surface area contributed by atoms with Gasteiger partial charge in [0.05, 0.1) is 25.9 Å². The molecule has 0 radical (unpaired) electrons. The van der Waals surface area contributed by atoms with Gasteiger partial charge in [-0.15, -0.1) is 0 Å². The van der Waals surface area contributed by atoms with Crippen molar-refractivity contribution in [2.75, 3.05) is 46.1 Å². The van der Waals surface area contributed by atoms with E-state index in [4.69, 9.17) is 14.2 Å². The van der Waals surface area contributed by atoms with Crippen molar-refractivity contribution in [3.05, 3.63) is 0 Å². The molecule has 0 aromatic heterocycles. The van der Waals surface area contributed by atoms with Gasteiger partial charge in [0.15, 0.2) is 0 Å². The zero-order valence-electron chi connectivity index (χ0n) is 17.8. The first-order valence-corrected chi connectivity index (χ1v) is 9.66. The number of hydrogen-bond acceptors (Lipinski definition) is 6. The first kappa shape index (κ1) is 27.7. The number of Topliss-reactive ketones (excluding diaryl/α,β-unsaturated/α-hetero) is 1. The normalized spacial score (nSPS) is 10.4. The van der Waals surface area contributed by atoms with Gasteiger partial charge in [-0.1, -0.05) is 27.7 Å². The molecule has 0 fully saturated rings. The van der Waals surface area contributed by atoms with Crippen LogP contribution in [0.3, 0.4) is 0 Å². The van der Waals surface area contributed by atoms with Crippen LogP contribution in [0.5, 0.6) is 0 Å². The second-order valence-electron chi connectivity index (χ2n) is 6.10. The third kappa shape index (κ3) is 20.7. The van der Waals surface area contributed by atoms with Crippen LogP contribution < -0.4 is 10.6 Å². The number of ether oxygens (including phenoxy) is 3. The largest absolute Gasteiger partial charge is 0.379 e. The Hall–Kier alpha value is -1.51. The maximum absolute atomic E-state index is 11.5. The smallest absolute Gasteiger partial charge is 0.246 e. The summed E-state index contributed by atoms with van der Waals surface area (Å²) in [5.41, 5.74) is 0. The quantitative estimate of drug-likeness (QED) is 0.411. The Bertz CT molecular complexity index is 410. The Morgan fingerprint density at radius 3 is 1.85 bits per heavy atom. The number of rotatable bonds is 15. The lowest BCUT2D eigenvalue weighted by Gasteiger charge is -2.09. The molecule has 0 aliphatic carbocycles. The highest BCUT2D eigenvalue weighted by molar-refractivity contribution is 5.80. The standard InChI is InChI=1S/C17H32N2O6.C2H6.2H2/c1-13(2)15(20)5-8-23-9-6-18-16(21)11-24-10-7-19-17(22)12-25-14(3)4;1-2;;/h13-14H,5-12H2,1-4H3,(H,18,21)(H,19,22);1-2H3;2*1H. The average molecular weight is 395 g/mol. The van der Waals surface area contributed by atoms with Crippen molar-refractivity contribution in [1.29, 1.82) is 0 Å². The lowest BCUT2D eigenvalue weighted by molar-refractivity contribution is -0.128. The number of carbonyl (C=O) groups excluding carboxylic acids is 3. The van der Waals surface area contributed by atoms with Crippen LogP contribution in [0.1, 0.15) is 50.8 Å².